The predicted octanol–water partition coefficient (Wildman–Crippen LogP) is -1.88. The Morgan fingerprint density at radius 3 is 2.30 bits per heavy atom. The van der Waals surface area contributed by atoms with E-state index in [9.17, 15) is 0 Å². The SMILES string of the molecule is C=CCC1([NH3+])CCCC1.[Cl-]. The minimum atomic E-state index is 0. The maximum atomic E-state index is 4.19. The molecule has 0 radical (unpaired) electrons. The van der Waals surface area contributed by atoms with Gasteiger partial charge in [-0.2, -0.15) is 0 Å². The van der Waals surface area contributed by atoms with Crippen LogP contribution in [0.5, 0.6) is 0 Å². The van der Waals surface area contributed by atoms with Crippen LogP contribution in [-0.4, -0.2) is 5.54 Å². The normalized spacial score (nSPS) is 21.7. The van der Waals surface area contributed by atoms with Gasteiger partial charge < -0.3 is 18.1 Å². The van der Waals surface area contributed by atoms with Crippen molar-refractivity contribution in [2.45, 2.75) is 37.6 Å². The van der Waals surface area contributed by atoms with E-state index in [0.29, 0.717) is 5.54 Å². The second-order valence-electron chi connectivity index (χ2n) is 3.20. The Morgan fingerprint density at radius 1 is 1.40 bits per heavy atom. The molecular weight excluding hydrogens is 146 g/mol. The summed E-state index contributed by atoms with van der Waals surface area (Å²) in [5, 5.41) is 0. The van der Waals surface area contributed by atoms with Crippen molar-refractivity contribution in [2.24, 2.45) is 0 Å². The van der Waals surface area contributed by atoms with E-state index < -0.39 is 0 Å². The first-order valence-electron chi connectivity index (χ1n) is 3.73. The van der Waals surface area contributed by atoms with E-state index in [1.165, 1.54) is 25.7 Å². The monoisotopic (exact) mass is 161 g/mol. The molecule has 60 valence electrons. The van der Waals surface area contributed by atoms with Gasteiger partial charge in [0.05, 0.1) is 5.54 Å². The van der Waals surface area contributed by atoms with E-state index in [1.807, 2.05) is 6.08 Å². The Hall–Kier alpha value is -0.0100. The molecule has 0 aromatic rings. The van der Waals surface area contributed by atoms with Crippen molar-refractivity contribution >= 4 is 0 Å². The summed E-state index contributed by atoms with van der Waals surface area (Å²) in [4.78, 5) is 0. The zero-order valence-electron chi connectivity index (χ0n) is 6.41. The van der Waals surface area contributed by atoms with Crippen LogP contribution >= 0.6 is 0 Å². The van der Waals surface area contributed by atoms with Crippen molar-refractivity contribution < 1.29 is 18.1 Å². The molecule has 1 aliphatic rings. The Labute approximate surface area is 69.1 Å². The van der Waals surface area contributed by atoms with Crippen LogP contribution < -0.4 is 18.1 Å². The summed E-state index contributed by atoms with van der Waals surface area (Å²) < 4.78 is 0. The summed E-state index contributed by atoms with van der Waals surface area (Å²) in [6.45, 7) is 3.73. The summed E-state index contributed by atoms with van der Waals surface area (Å²) >= 11 is 0. The molecular formula is C8H16ClN. The largest absolute Gasteiger partial charge is 1.00 e. The number of hydrogen-bond acceptors (Lipinski definition) is 0. The van der Waals surface area contributed by atoms with E-state index in [-0.39, 0.29) is 12.4 Å². The first-order valence-corrected chi connectivity index (χ1v) is 3.73. The van der Waals surface area contributed by atoms with Gasteiger partial charge in [-0.25, -0.2) is 0 Å². The third kappa shape index (κ3) is 2.31. The average Bonchev–Trinajstić information content (AvgIpc) is 2.16. The number of hydrogen-bond donors (Lipinski definition) is 1. The highest BCUT2D eigenvalue weighted by Gasteiger charge is 2.31. The molecule has 0 spiro atoms. The van der Waals surface area contributed by atoms with Crippen LogP contribution in [0.2, 0.25) is 0 Å². The zero-order chi connectivity index (χ0) is 6.74. The standard InChI is InChI=1S/C8H15N.ClH/c1-2-5-8(9)6-3-4-7-8;/h2H,1,3-7,9H2;1H. The van der Waals surface area contributed by atoms with Gasteiger partial charge in [-0.05, 0) is 12.8 Å². The molecule has 0 saturated heterocycles. The average molecular weight is 162 g/mol. The fraction of sp³-hybridized carbons (Fsp3) is 0.750. The lowest BCUT2D eigenvalue weighted by atomic mass is 9.95. The molecule has 0 aliphatic heterocycles. The quantitative estimate of drug-likeness (QED) is 0.460. The third-order valence-electron chi connectivity index (χ3n) is 2.24. The van der Waals surface area contributed by atoms with Crippen molar-refractivity contribution in [1.82, 2.24) is 0 Å². The van der Waals surface area contributed by atoms with Gasteiger partial charge in [0.15, 0.2) is 0 Å². The fourth-order valence-electron chi connectivity index (χ4n) is 1.64. The van der Waals surface area contributed by atoms with Gasteiger partial charge in [-0.1, -0.05) is 6.08 Å². The second-order valence-corrected chi connectivity index (χ2v) is 3.20. The molecule has 0 amide bonds. The van der Waals surface area contributed by atoms with Gasteiger partial charge in [0.1, 0.15) is 0 Å². The molecule has 10 heavy (non-hydrogen) atoms. The van der Waals surface area contributed by atoms with E-state index in [1.54, 1.807) is 0 Å². The predicted molar refractivity (Wildman–Crippen MR) is 38.9 cm³/mol. The zero-order valence-corrected chi connectivity index (χ0v) is 7.16. The minimum Gasteiger partial charge on any atom is -1.00 e. The molecule has 0 atom stereocenters. The molecule has 1 fully saturated rings. The molecule has 0 aromatic heterocycles. The van der Waals surface area contributed by atoms with Gasteiger partial charge in [-0.15, -0.1) is 6.58 Å². The Morgan fingerprint density at radius 2 is 1.90 bits per heavy atom. The molecule has 1 aliphatic carbocycles. The summed E-state index contributed by atoms with van der Waals surface area (Å²) in [5.74, 6) is 0. The summed E-state index contributed by atoms with van der Waals surface area (Å²) in [5.41, 5.74) is 4.56. The lowest BCUT2D eigenvalue weighted by Crippen LogP contribution is -3.00. The van der Waals surface area contributed by atoms with Crippen LogP contribution in [-0.2, 0) is 0 Å². The maximum Gasteiger partial charge on any atom is 0.0980 e. The topological polar surface area (TPSA) is 27.6 Å². The van der Waals surface area contributed by atoms with Gasteiger partial charge in [0.25, 0.3) is 0 Å². The van der Waals surface area contributed by atoms with Crippen LogP contribution in [0.1, 0.15) is 32.1 Å². The second kappa shape index (κ2) is 3.99. The lowest BCUT2D eigenvalue weighted by Gasteiger charge is -2.16. The van der Waals surface area contributed by atoms with E-state index in [2.05, 4.69) is 12.3 Å². The van der Waals surface area contributed by atoms with Crippen LogP contribution in [0.4, 0.5) is 0 Å². The van der Waals surface area contributed by atoms with Crippen LogP contribution in [0.15, 0.2) is 12.7 Å². The van der Waals surface area contributed by atoms with Crippen LogP contribution in [0.25, 0.3) is 0 Å². The third-order valence-corrected chi connectivity index (χ3v) is 2.24. The summed E-state index contributed by atoms with van der Waals surface area (Å²) in [7, 11) is 0. The van der Waals surface area contributed by atoms with Crippen molar-refractivity contribution in [1.29, 1.82) is 0 Å². The molecule has 1 saturated carbocycles. The number of halogens is 1. The molecule has 3 N–H and O–H groups in total. The first kappa shape index (κ1) is 9.99. The molecule has 0 bridgehead atoms. The van der Waals surface area contributed by atoms with E-state index in [0.717, 1.165) is 6.42 Å². The Bertz CT molecular complexity index is 106. The van der Waals surface area contributed by atoms with Gasteiger partial charge >= 0.3 is 0 Å². The highest BCUT2D eigenvalue weighted by atomic mass is 35.5. The molecule has 0 unspecified atom stereocenters. The van der Waals surface area contributed by atoms with Gasteiger partial charge in [0, 0.05) is 19.3 Å². The van der Waals surface area contributed by atoms with E-state index >= 15 is 0 Å². The van der Waals surface area contributed by atoms with Crippen molar-refractivity contribution in [3.05, 3.63) is 12.7 Å². The summed E-state index contributed by atoms with van der Waals surface area (Å²) in [6.07, 6.45) is 8.46. The highest BCUT2D eigenvalue weighted by molar-refractivity contribution is 4.88. The van der Waals surface area contributed by atoms with Crippen molar-refractivity contribution in [2.75, 3.05) is 0 Å². The number of rotatable bonds is 2. The minimum absolute atomic E-state index is 0. The summed E-state index contributed by atoms with van der Waals surface area (Å²) in [6, 6.07) is 0. The van der Waals surface area contributed by atoms with Gasteiger partial charge in [-0.3, -0.25) is 0 Å². The van der Waals surface area contributed by atoms with Gasteiger partial charge in [0.2, 0.25) is 0 Å². The van der Waals surface area contributed by atoms with E-state index in [4.69, 9.17) is 0 Å². The van der Waals surface area contributed by atoms with Crippen LogP contribution in [0, 0.1) is 0 Å². The maximum absolute atomic E-state index is 4.19. The highest BCUT2D eigenvalue weighted by Crippen LogP contribution is 2.28. The molecule has 0 heterocycles. The Kier molecular flexibility index (Phi) is 3.99. The molecule has 1 rings (SSSR count). The Balaban J connectivity index is 0.000000810. The van der Waals surface area contributed by atoms with Crippen molar-refractivity contribution in [3.8, 4) is 0 Å². The lowest BCUT2D eigenvalue weighted by molar-refractivity contribution is -0.474. The fourth-order valence-corrected chi connectivity index (χ4v) is 1.64. The number of quaternary nitrogens is 1. The smallest absolute Gasteiger partial charge is 0.0980 e. The molecule has 1 nitrogen and oxygen atoms in total. The molecule has 2 heteroatoms. The van der Waals surface area contributed by atoms with Crippen molar-refractivity contribution in [3.63, 3.8) is 0 Å². The molecule has 0 aromatic carbocycles. The van der Waals surface area contributed by atoms with Crippen LogP contribution in [0.3, 0.4) is 0 Å². The first-order chi connectivity index (χ1) is 4.27.